The van der Waals surface area contributed by atoms with Crippen LogP contribution in [0.2, 0.25) is 0 Å². The van der Waals surface area contributed by atoms with Crippen LogP contribution in [0.1, 0.15) is 33.6 Å². The Hall–Kier alpha value is -3.29. The lowest BCUT2D eigenvalue weighted by molar-refractivity contribution is -0.144. The van der Waals surface area contributed by atoms with E-state index in [4.69, 9.17) is 13.9 Å². The summed E-state index contributed by atoms with van der Waals surface area (Å²) in [6.07, 6.45) is 0. The minimum absolute atomic E-state index is 0.0161. The molecule has 0 radical (unpaired) electrons. The maximum Gasteiger partial charge on any atom is 0.373 e. The number of hydrogen-bond acceptors (Lipinski definition) is 7. The van der Waals surface area contributed by atoms with E-state index in [1.54, 1.807) is 24.3 Å². The summed E-state index contributed by atoms with van der Waals surface area (Å²) in [5, 5.41) is 2.46. The van der Waals surface area contributed by atoms with Gasteiger partial charge in [0, 0.05) is 5.56 Å². The van der Waals surface area contributed by atoms with Crippen molar-refractivity contribution in [2.75, 3.05) is 20.3 Å². The summed E-state index contributed by atoms with van der Waals surface area (Å²) in [5.41, 5.74) is 0.398. The Kier molecular flexibility index (Phi) is 6.78. The van der Waals surface area contributed by atoms with Gasteiger partial charge in [-0.2, -0.15) is 0 Å². The molecule has 2 rings (SSSR count). The fraction of sp³-hybridized carbons (Fsp3) is 0.278. The summed E-state index contributed by atoms with van der Waals surface area (Å²) in [6, 6.07) is 9.46. The fourth-order valence-corrected chi connectivity index (χ4v) is 1.99. The molecule has 0 bridgehead atoms. The molecule has 138 valence electrons. The van der Waals surface area contributed by atoms with Crippen molar-refractivity contribution < 1.29 is 33.0 Å². The number of carbonyl (C=O) groups is 3. The quantitative estimate of drug-likeness (QED) is 0.717. The van der Waals surface area contributed by atoms with Gasteiger partial charge in [-0.15, -0.1) is 0 Å². The van der Waals surface area contributed by atoms with Gasteiger partial charge in [0.2, 0.25) is 5.76 Å². The van der Waals surface area contributed by atoms with E-state index in [2.05, 4.69) is 10.1 Å². The van der Waals surface area contributed by atoms with Crippen molar-refractivity contribution in [3.05, 3.63) is 53.5 Å². The molecule has 2 aromatic rings. The zero-order valence-electron chi connectivity index (χ0n) is 14.4. The lowest BCUT2D eigenvalue weighted by atomic mass is 10.2. The van der Waals surface area contributed by atoms with E-state index < -0.39 is 17.8 Å². The minimum atomic E-state index is -0.639. The zero-order valence-corrected chi connectivity index (χ0v) is 14.4. The van der Waals surface area contributed by atoms with Gasteiger partial charge in [-0.3, -0.25) is 9.59 Å². The van der Waals surface area contributed by atoms with Crippen LogP contribution in [0.25, 0.3) is 0 Å². The van der Waals surface area contributed by atoms with Gasteiger partial charge in [-0.1, -0.05) is 0 Å². The van der Waals surface area contributed by atoms with Crippen LogP contribution < -0.4 is 10.1 Å². The smallest absolute Gasteiger partial charge is 0.373 e. The highest BCUT2D eigenvalue weighted by Gasteiger charge is 2.13. The Morgan fingerprint density at radius 3 is 2.46 bits per heavy atom. The Morgan fingerprint density at radius 1 is 1.08 bits per heavy atom. The van der Waals surface area contributed by atoms with E-state index in [0.717, 1.165) is 0 Å². The number of carbonyl (C=O) groups excluding carboxylic acids is 3. The largest absolute Gasteiger partial charge is 0.494 e. The maximum absolute atomic E-state index is 12.0. The number of furan rings is 1. The third kappa shape index (κ3) is 5.37. The van der Waals surface area contributed by atoms with Gasteiger partial charge in [-0.25, -0.2) is 4.79 Å². The molecule has 1 aromatic carbocycles. The van der Waals surface area contributed by atoms with Crippen LogP contribution in [0.3, 0.4) is 0 Å². The Balaban J connectivity index is 1.76. The molecule has 0 aliphatic carbocycles. The number of rotatable bonds is 8. The zero-order chi connectivity index (χ0) is 18.9. The third-order valence-electron chi connectivity index (χ3n) is 3.24. The first kappa shape index (κ1) is 19.0. The summed E-state index contributed by atoms with van der Waals surface area (Å²) < 4.78 is 19.9. The molecule has 0 aliphatic heterocycles. The average molecular weight is 361 g/mol. The molecule has 1 heterocycles. The lowest BCUT2D eigenvalue weighted by Crippen LogP contribution is -2.30. The predicted octanol–water partition coefficient (Wildman–Crippen LogP) is 1.94. The van der Waals surface area contributed by atoms with Crippen LogP contribution in [0.4, 0.5) is 0 Å². The van der Waals surface area contributed by atoms with Crippen molar-refractivity contribution in [1.82, 2.24) is 5.32 Å². The molecule has 26 heavy (non-hydrogen) atoms. The second kappa shape index (κ2) is 9.26. The molecule has 0 spiro atoms. The Morgan fingerprint density at radius 2 is 1.81 bits per heavy atom. The highest BCUT2D eigenvalue weighted by Crippen LogP contribution is 2.12. The summed E-state index contributed by atoms with van der Waals surface area (Å²) in [6.45, 7) is 1.95. The van der Waals surface area contributed by atoms with Gasteiger partial charge in [0.25, 0.3) is 5.91 Å². The van der Waals surface area contributed by atoms with Gasteiger partial charge >= 0.3 is 11.9 Å². The van der Waals surface area contributed by atoms with Crippen molar-refractivity contribution in [2.24, 2.45) is 0 Å². The summed E-state index contributed by atoms with van der Waals surface area (Å²) >= 11 is 0. The average Bonchev–Trinajstić information content (AvgIpc) is 3.13. The maximum atomic E-state index is 12.0. The van der Waals surface area contributed by atoms with Crippen LogP contribution in [0.5, 0.6) is 5.75 Å². The first-order valence-electron chi connectivity index (χ1n) is 7.87. The second-order valence-electron chi connectivity index (χ2n) is 5.06. The van der Waals surface area contributed by atoms with Crippen LogP contribution in [-0.2, 0) is 20.9 Å². The summed E-state index contributed by atoms with van der Waals surface area (Å²) in [4.78, 5) is 34.9. The Bertz CT molecular complexity index is 764. The predicted molar refractivity (Wildman–Crippen MR) is 89.8 cm³/mol. The van der Waals surface area contributed by atoms with Crippen LogP contribution in [0, 0.1) is 0 Å². The molecular formula is C18H19NO7. The van der Waals surface area contributed by atoms with Crippen molar-refractivity contribution >= 4 is 17.8 Å². The van der Waals surface area contributed by atoms with Gasteiger partial charge < -0.3 is 23.9 Å². The topological polar surface area (TPSA) is 104 Å². The molecule has 0 aliphatic rings. The van der Waals surface area contributed by atoms with E-state index in [0.29, 0.717) is 17.9 Å². The number of esters is 2. The van der Waals surface area contributed by atoms with Crippen molar-refractivity contribution in [3.8, 4) is 5.75 Å². The molecule has 0 saturated heterocycles. The van der Waals surface area contributed by atoms with Crippen molar-refractivity contribution in [2.45, 2.75) is 13.5 Å². The molecule has 1 N–H and O–H groups in total. The summed E-state index contributed by atoms with van der Waals surface area (Å²) in [5.74, 6) is -0.700. The molecule has 1 amide bonds. The Labute approximate surface area is 150 Å². The molecule has 0 unspecified atom stereocenters. The SMILES string of the molecule is CCOc1ccc(C(=O)NCC(=O)OCc2ccc(C(=O)OC)o2)cc1. The van der Waals surface area contributed by atoms with Gasteiger partial charge in [0.05, 0.1) is 13.7 Å². The number of nitrogens with one attached hydrogen (secondary N) is 1. The molecule has 0 fully saturated rings. The molecule has 1 aromatic heterocycles. The van der Waals surface area contributed by atoms with Gasteiger partial charge in [0.1, 0.15) is 24.7 Å². The van der Waals surface area contributed by atoms with Crippen molar-refractivity contribution in [1.29, 1.82) is 0 Å². The van der Waals surface area contributed by atoms with E-state index >= 15 is 0 Å². The van der Waals surface area contributed by atoms with E-state index in [1.807, 2.05) is 6.92 Å². The number of hydrogen-bond donors (Lipinski definition) is 1. The fourth-order valence-electron chi connectivity index (χ4n) is 1.99. The summed E-state index contributed by atoms with van der Waals surface area (Å²) in [7, 11) is 1.23. The van der Waals surface area contributed by atoms with E-state index in [1.165, 1.54) is 19.2 Å². The molecule has 0 atom stereocenters. The first-order chi connectivity index (χ1) is 12.5. The van der Waals surface area contributed by atoms with Crippen LogP contribution in [0.15, 0.2) is 40.8 Å². The second-order valence-corrected chi connectivity index (χ2v) is 5.06. The number of amides is 1. The van der Waals surface area contributed by atoms with Crippen LogP contribution in [-0.4, -0.2) is 38.1 Å². The standard InChI is InChI=1S/C18H19NO7/c1-3-24-13-6-4-12(5-7-13)17(21)19-10-16(20)25-11-14-8-9-15(26-14)18(22)23-2/h4-9H,3,10-11H2,1-2H3,(H,19,21). The molecule has 8 nitrogen and oxygen atoms in total. The van der Waals surface area contributed by atoms with E-state index in [-0.39, 0.29) is 24.7 Å². The molecular weight excluding hydrogens is 342 g/mol. The number of methoxy groups -OCH3 is 1. The molecule has 8 heteroatoms. The van der Waals surface area contributed by atoms with Gasteiger partial charge in [0.15, 0.2) is 0 Å². The first-order valence-corrected chi connectivity index (χ1v) is 7.87. The van der Waals surface area contributed by atoms with Gasteiger partial charge in [-0.05, 0) is 43.3 Å². The third-order valence-corrected chi connectivity index (χ3v) is 3.24. The molecule has 0 saturated carbocycles. The normalized spacial score (nSPS) is 10.1. The van der Waals surface area contributed by atoms with Crippen molar-refractivity contribution in [3.63, 3.8) is 0 Å². The lowest BCUT2D eigenvalue weighted by Gasteiger charge is -2.07. The number of benzene rings is 1. The monoisotopic (exact) mass is 361 g/mol. The number of ether oxygens (including phenoxy) is 3. The highest BCUT2D eigenvalue weighted by atomic mass is 16.6. The van der Waals surface area contributed by atoms with E-state index in [9.17, 15) is 14.4 Å². The van der Waals surface area contributed by atoms with Crippen LogP contribution >= 0.6 is 0 Å². The highest BCUT2D eigenvalue weighted by molar-refractivity contribution is 5.96. The minimum Gasteiger partial charge on any atom is -0.494 e.